The van der Waals surface area contributed by atoms with Gasteiger partial charge in [0.1, 0.15) is 12.4 Å². The Kier molecular flexibility index (Phi) is 11.5. The third-order valence-corrected chi connectivity index (χ3v) is 5.01. The Bertz CT molecular complexity index is 792. The first-order valence-electron chi connectivity index (χ1n) is 10.8. The van der Waals surface area contributed by atoms with E-state index in [-0.39, 0.29) is 24.7 Å². The van der Waals surface area contributed by atoms with Crippen LogP contribution in [0, 0.1) is 0 Å². The molecular formula is C26H35NO5. The second-order valence-electron chi connectivity index (χ2n) is 7.69. The standard InChI is InChI=1S/C26H35NO5/c1-5-9-24(32-20-26(28)27(2)3)25(16-17-30-18-21-10-7-6-8-11-21)31-19-22-12-14-23(29-4)15-13-22/h5-8,10-15,24-25H,1,9,16-20H2,2-4H3/t24-,25-/m1/s1. The molecule has 0 heterocycles. The molecule has 32 heavy (non-hydrogen) atoms. The van der Waals surface area contributed by atoms with Gasteiger partial charge in [0.15, 0.2) is 0 Å². The van der Waals surface area contributed by atoms with Crippen molar-refractivity contribution in [2.75, 3.05) is 34.4 Å². The average Bonchev–Trinajstić information content (AvgIpc) is 2.82. The second kappa shape index (κ2) is 14.4. The molecule has 0 fully saturated rings. The van der Waals surface area contributed by atoms with Crippen LogP contribution in [-0.4, -0.2) is 57.4 Å². The highest BCUT2D eigenvalue weighted by Crippen LogP contribution is 2.18. The summed E-state index contributed by atoms with van der Waals surface area (Å²) in [5.74, 6) is 0.711. The third kappa shape index (κ3) is 9.22. The van der Waals surface area contributed by atoms with E-state index in [9.17, 15) is 4.79 Å². The van der Waals surface area contributed by atoms with Gasteiger partial charge in [-0.2, -0.15) is 0 Å². The van der Waals surface area contributed by atoms with Crippen LogP contribution in [0.5, 0.6) is 5.75 Å². The SMILES string of the molecule is C=CC[C@@H](OCC(=O)N(C)C)[C@@H](CCOCc1ccccc1)OCc1ccc(OC)cc1. The molecule has 0 spiro atoms. The summed E-state index contributed by atoms with van der Waals surface area (Å²) in [6.45, 7) is 5.32. The van der Waals surface area contributed by atoms with Crippen LogP contribution in [0.4, 0.5) is 0 Å². The van der Waals surface area contributed by atoms with Gasteiger partial charge in [0.05, 0.1) is 32.5 Å². The van der Waals surface area contributed by atoms with Crippen molar-refractivity contribution in [1.82, 2.24) is 4.90 Å². The summed E-state index contributed by atoms with van der Waals surface area (Å²) in [5, 5.41) is 0. The van der Waals surface area contributed by atoms with Crippen molar-refractivity contribution in [2.24, 2.45) is 0 Å². The van der Waals surface area contributed by atoms with E-state index in [1.54, 1.807) is 27.3 Å². The topological polar surface area (TPSA) is 57.2 Å². The number of rotatable bonds is 15. The fraction of sp³-hybridized carbons (Fsp3) is 0.423. The number of carbonyl (C=O) groups excluding carboxylic acids is 1. The minimum Gasteiger partial charge on any atom is -0.497 e. The van der Waals surface area contributed by atoms with Crippen molar-refractivity contribution in [1.29, 1.82) is 0 Å². The molecule has 0 saturated heterocycles. The van der Waals surface area contributed by atoms with Gasteiger partial charge in [0.25, 0.3) is 0 Å². The predicted octanol–water partition coefficient (Wildman–Crippen LogP) is 4.24. The Labute approximate surface area is 191 Å². The number of methoxy groups -OCH3 is 1. The van der Waals surface area contributed by atoms with Crippen LogP contribution in [0.15, 0.2) is 67.3 Å². The molecule has 1 amide bonds. The molecule has 0 saturated carbocycles. The maximum atomic E-state index is 12.0. The lowest BCUT2D eigenvalue weighted by Gasteiger charge is -2.27. The fourth-order valence-electron chi connectivity index (χ4n) is 3.06. The summed E-state index contributed by atoms with van der Waals surface area (Å²) in [5.41, 5.74) is 2.15. The van der Waals surface area contributed by atoms with Gasteiger partial charge < -0.3 is 23.8 Å². The van der Waals surface area contributed by atoms with Crippen molar-refractivity contribution in [3.63, 3.8) is 0 Å². The molecule has 6 nitrogen and oxygen atoms in total. The van der Waals surface area contributed by atoms with Crippen LogP contribution in [0.2, 0.25) is 0 Å². The number of carbonyl (C=O) groups is 1. The first-order valence-corrected chi connectivity index (χ1v) is 10.8. The molecule has 6 heteroatoms. The third-order valence-electron chi connectivity index (χ3n) is 5.01. The molecule has 174 valence electrons. The highest BCUT2D eigenvalue weighted by molar-refractivity contribution is 5.76. The van der Waals surface area contributed by atoms with E-state index in [2.05, 4.69) is 6.58 Å². The zero-order valence-electron chi connectivity index (χ0n) is 19.4. The Morgan fingerprint density at radius 2 is 1.66 bits per heavy atom. The number of benzene rings is 2. The number of hydrogen-bond donors (Lipinski definition) is 0. The number of nitrogens with zero attached hydrogens (tertiary/aromatic N) is 1. The minimum atomic E-state index is -0.296. The monoisotopic (exact) mass is 441 g/mol. The first-order chi connectivity index (χ1) is 15.5. The van der Waals surface area contributed by atoms with Crippen molar-refractivity contribution in [3.05, 3.63) is 78.4 Å². The Morgan fingerprint density at radius 3 is 2.28 bits per heavy atom. The van der Waals surface area contributed by atoms with Gasteiger partial charge in [-0.05, 0) is 36.1 Å². The summed E-state index contributed by atoms with van der Waals surface area (Å²) in [7, 11) is 5.07. The number of amides is 1. The molecule has 0 aliphatic carbocycles. The van der Waals surface area contributed by atoms with Gasteiger partial charge in [0.2, 0.25) is 5.91 Å². The molecule has 0 N–H and O–H groups in total. The number of hydrogen-bond acceptors (Lipinski definition) is 5. The summed E-state index contributed by atoms with van der Waals surface area (Å²) in [6.07, 6.45) is 2.46. The van der Waals surface area contributed by atoms with Crippen LogP contribution >= 0.6 is 0 Å². The molecule has 0 aromatic heterocycles. The van der Waals surface area contributed by atoms with E-state index in [0.29, 0.717) is 32.7 Å². The summed E-state index contributed by atoms with van der Waals surface area (Å²) >= 11 is 0. The molecule has 2 aromatic rings. The van der Waals surface area contributed by atoms with Gasteiger partial charge in [0, 0.05) is 20.7 Å². The van der Waals surface area contributed by atoms with Gasteiger partial charge in [-0.15, -0.1) is 6.58 Å². The van der Waals surface area contributed by atoms with Crippen LogP contribution < -0.4 is 4.74 Å². The lowest BCUT2D eigenvalue weighted by Crippen LogP contribution is -2.36. The van der Waals surface area contributed by atoms with Crippen LogP contribution in [0.25, 0.3) is 0 Å². The van der Waals surface area contributed by atoms with Gasteiger partial charge >= 0.3 is 0 Å². The van der Waals surface area contributed by atoms with E-state index >= 15 is 0 Å². The smallest absolute Gasteiger partial charge is 0.248 e. The zero-order valence-corrected chi connectivity index (χ0v) is 19.4. The predicted molar refractivity (Wildman–Crippen MR) is 126 cm³/mol. The van der Waals surface area contributed by atoms with E-state index in [1.807, 2.05) is 54.6 Å². The maximum Gasteiger partial charge on any atom is 0.248 e. The van der Waals surface area contributed by atoms with Crippen LogP contribution in [0.1, 0.15) is 24.0 Å². The number of likely N-dealkylation sites (N-methyl/N-ethyl adjacent to an activating group) is 1. The lowest BCUT2D eigenvalue weighted by molar-refractivity contribution is -0.141. The Hall–Kier alpha value is -2.67. The van der Waals surface area contributed by atoms with Crippen molar-refractivity contribution < 1.29 is 23.7 Å². The fourth-order valence-corrected chi connectivity index (χ4v) is 3.06. The average molecular weight is 442 g/mol. The molecule has 0 aliphatic rings. The van der Waals surface area contributed by atoms with Gasteiger partial charge in [-0.25, -0.2) is 0 Å². The van der Waals surface area contributed by atoms with Gasteiger partial charge in [-0.1, -0.05) is 48.5 Å². The summed E-state index contributed by atoms with van der Waals surface area (Å²) < 4.78 is 23.3. The van der Waals surface area contributed by atoms with Crippen molar-refractivity contribution in [3.8, 4) is 5.75 Å². The first kappa shape index (κ1) is 25.6. The minimum absolute atomic E-state index is 0.00122. The molecule has 0 aliphatic heterocycles. The van der Waals surface area contributed by atoms with E-state index < -0.39 is 0 Å². The molecule has 0 radical (unpaired) electrons. The van der Waals surface area contributed by atoms with Crippen LogP contribution in [0.3, 0.4) is 0 Å². The highest BCUT2D eigenvalue weighted by Gasteiger charge is 2.23. The molecule has 2 atom stereocenters. The molecule has 2 aromatic carbocycles. The maximum absolute atomic E-state index is 12.0. The van der Waals surface area contributed by atoms with E-state index in [1.165, 1.54) is 4.90 Å². The van der Waals surface area contributed by atoms with Crippen LogP contribution in [-0.2, 0) is 32.2 Å². The lowest BCUT2D eigenvalue weighted by atomic mass is 10.1. The Morgan fingerprint density at radius 1 is 0.969 bits per heavy atom. The summed E-state index contributed by atoms with van der Waals surface area (Å²) in [4.78, 5) is 13.5. The molecule has 2 rings (SSSR count). The van der Waals surface area contributed by atoms with E-state index in [0.717, 1.165) is 16.9 Å². The highest BCUT2D eigenvalue weighted by atomic mass is 16.5. The van der Waals surface area contributed by atoms with E-state index in [4.69, 9.17) is 18.9 Å². The summed E-state index contributed by atoms with van der Waals surface area (Å²) in [6, 6.07) is 17.8. The van der Waals surface area contributed by atoms with Gasteiger partial charge in [-0.3, -0.25) is 4.79 Å². The zero-order chi connectivity index (χ0) is 23.2. The number of ether oxygens (including phenoxy) is 4. The van der Waals surface area contributed by atoms with Crippen molar-refractivity contribution in [2.45, 2.75) is 38.3 Å². The molecular weight excluding hydrogens is 406 g/mol. The molecule has 0 bridgehead atoms. The normalized spacial score (nSPS) is 12.7. The van der Waals surface area contributed by atoms with Crippen molar-refractivity contribution >= 4 is 5.91 Å². The Balaban J connectivity index is 1.98. The molecule has 0 unspecified atom stereocenters. The quantitative estimate of drug-likeness (QED) is 0.306. The largest absolute Gasteiger partial charge is 0.497 e. The second-order valence-corrected chi connectivity index (χ2v) is 7.69.